The predicted octanol–water partition coefficient (Wildman–Crippen LogP) is 1.88. The van der Waals surface area contributed by atoms with Crippen LogP contribution in [-0.2, 0) is 0 Å². The van der Waals surface area contributed by atoms with E-state index in [-0.39, 0.29) is 0 Å². The van der Waals surface area contributed by atoms with E-state index in [1.54, 1.807) is 13.8 Å². The normalized spacial score (nSPS) is 27.3. The average molecular weight is 145 g/mol. The molecule has 1 saturated heterocycles. The summed E-state index contributed by atoms with van der Waals surface area (Å²) in [6, 6.07) is 0.431. The Kier molecular flexibility index (Phi) is 2.29. The lowest BCUT2D eigenvalue weighted by atomic mass is 10.00. The first-order valence-electron chi connectivity index (χ1n) is 4.00. The van der Waals surface area contributed by atoms with Gasteiger partial charge in [0.05, 0.1) is 0 Å². The number of hydrogen-bond donors (Lipinski definition) is 1. The summed E-state index contributed by atoms with van der Waals surface area (Å²) < 4.78 is 13.0. The summed E-state index contributed by atoms with van der Waals surface area (Å²) in [6.07, 6.45) is 3.01. The number of nitrogens with one attached hydrogen (secondary N) is 1. The van der Waals surface area contributed by atoms with Crippen LogP contribution in [-0.4, -0.2) is 18.3 Å². The zero-order valence-electron chi connectivity index (χ0n) is 6.78. The quantitative estimate of drug-likeness (QED) is 0.625. The summed E-state index contributed by atoms with van der Waals surface area (Å²) in [5.41, 5.74) is -0.998. The molecule has 0 amide bonds. The molecule has 60 valence electrons. The Morgan fingerprint density at radius 3 is 2.70 bits per heavy atom. The first kappa shape index (κ1) is 7.99. The fourth-order valence-corrected chi connectivity index (χ4v) is 1.52. The van der Waals surface area contributed by atoms with E-state index >= 15 is 0 Å². The highest BCUT2D eigenvalue weighted by Crippen LogP contribution is 2.20. The zero-order valence-corrected chi connectivity index (χ0v) is 6.78. The smallest absolute Gasteiger partial charge is 0.107 e. The predicted molar refractivity (Wildman–Crippen MR) is 40.8 cm³/mol. The van der Waals surface area contributed by atoms with Crippen LogP contribution in [0.3, 0.4) is 0 Å². The maximum Gasteiger partial charge on any atom is 0.107 e. The average Bonchev–Trinajstić information content (AvgIpc) is 2.12. The number of alkyl halides is 1. The molecule has 1 unspecified atom stereocenters. The molecule has 1 rings (SSSR count). The molecule has 2 heteroatoms. The van der Waals surface area contributed by atoms with Crippen molar-refractivity contribution in [3.63, 3.8) is 0 Å². The minimum atomic E-state index is -0.998. The van der Waals surface area contributed by atoms with Gasteiger partial charge in [0.1, 0.15) is 5.67 Å². The van der Waals surface area contributed by atoms with Crippen LogP contribution in [0, 0.1) is 0 Å². The maximum absolute atomic E-state index is 13.0. The van der Waals surface area contributed by atoms with Gasteiger partial charge in [-0.2, -0.15) is 0 Å². The lowest BCUT2D eigenvalue weighted by Gasteiger charge is -2.18. The van der Waals surface area contributed by atoms with E-state index in [1.807, 2.05) is 0 Å². The minimum absolute atomic E-state index is 0.431. The monoisotopic (exact) mass is 145 g/mol. The molecule has 0 aliphatic carbocycles. The van der Waals surface area contributed by atoms with Crippen molar-refractivity contribution < 1.29 is 4.39 Å². The van der Waals surface area contributed by atoms with Crippen LogP contribution in [0.1, 0.15) is 33.1 Å². The van der Waals surface area contributed by atoms with E-state index in [9.17, 15) is 4.39 Å². The van der Waals surface area contributed by atoms with Gasteiger partial charge < -0.3 is 5.32 Å². The number of rotatable bonds is 2. The molecule has 0 radical (unpaired) electrons. The largest absolute Gasteiger partial charge is 0.314 e. The van der Waals surface area contributed by atoms with Crippen LogP contribution in [0.4, 0.5) is 4.39 Å². The molecule has 0 aromatic heterocycles. The second-order valence-electron chi connectivity index (χ2n) is 3.72. The molecule has 1 fully saturated rings. The Morgan fingerprint density at radius 2 is 2.30 bits per heavy atom. The molecule has 1 nitrogen and oxygen atoms in total. The van der Waals surface area contributed by atoms with Gasteiger partial charge in [0, 0.05) is 6.04 Å². The third kappa shape index (κ3) is 2.65. The van der Waals surface area contributed by atoms with Crippen molar-refractivity contribution in [1.82, 2.24) is 5.32 Å². The Bertz CT molecular complexity index is 100. The SMILES string of the molecule is CC(C)(F)CC1CCCN1. The summed E-state index contributed by atoms with van der Waals surface area (Å²) in [6.45, 7) is 4.36. The van der Waals surface area contributed by atoms with E-state index < -0.39 is 5.67 Å². The van der Waals surface area contributed by atoms with Crippen molar-refractivity contribution in [2.75, 3.05) is 6.54 Å². The molecule has 10 heavy (non-hydrogen) atoms. The summed E-state index contributed by atoms with van der Waals surface area (Å²) >= 11 is 0. The van der Waals surface area contributed by atoms with Crippen molar-refractivity contribution in [3.05, 3.63) is 0 Å². The Hall–Kier alpha value is -0.110. The Labute approximate surface area is 62.0 Å². The van der Waals surface area contributed by atoms with Crippen LogP contribution < -0.4 is 5.32 Å². The van der Waals surface area contributed by atoms with Crippen LogP contribution in [0.25, 0.3) is 0 Å². The van der Waals surface area contributed by atoms with Gasteiger partial charge in [0.2, 0.25) is 0 Å². The van der Waals surface area contributed by atoms with E-state index in [1.165, 1.54) is 6.42 Å². The summed E-state index contributed by atoms with van der Waals surface area (Å²) in [7, 11) is 0. The van der Waals surface area contributed by atoms with E-state index in [2.05, 4.69) is 5.32 Å². The molecule has 1 aliphatic rings. The first-order valence-corrected chi connectivity index (χ1v) is 4.00. The van der Waals surface area contributed by atoms with Gasteiger partial charge in [-0.1, -0.05) is 0 Å². The van der Waals surface area contributed by atoms with Crippen LogP contribution in [0.2, 0.25) is 0 Å². The molecule has 1 aliphatic heterocycles. The molecule has 0 saturated carbocycles. The van der Waals surface area contributed by atoms with Gasteiger partial charge in [-0.25, -0.2) is 4.39 Å². The Balaban J connectivity index is 2.24. The zero-order chi connectivity index (χ0) is 7.61. The second kappa shape index (κ2) is 2.87. The second-order valence-corrected chi connectivity index (χ2v) is 3.72. The standard InChI is InChI=1S/C8H16FN/c1-8(2,9)6-7-4-3-5-10-7/h7,10H,3-6H2,1-2H3. The first-order chi connectivity index (χ1) is 4.58. The van der Waals surface area contributed by atoms with E-state index in [4.69, 9.17) is 0 Å². The van der Waals surface area contributed by atoms with Gasteiger partial charge >= 0.3 is 0 Å². The summed E-state index contributed by atoms with van der Waals surface area (Å²) in [4.78, 5) is 0. The molecule has 1 heterocycles. The fourth-order valence-electron chi connectivity index (χ4n) is 1.52. The molecule has 1 atom stereocenters. The van der Waals surface area contributed by atoms with Crippen molar-refractivity contribution >= 4 is 0 Å². The number of hydrogen-bond acceptors (Lipinski definition) is 1. The fraction of sp³-hybridized carbons (Fsp3) is 1.00. The maximum atomic E-state index is 13.0. The van der Waals surface area contributed by atoms with Gasteiger partial charge in [-0.15, -0.1) is 0 Å². The minimum Gasteiger partial charge on any atom is -0.314 e. The van der Waals surface area contributed by atoms with Crippen molar-refractivity contribution in [2.45, 2.75) is 44.8 Å². The van der Waals surface area contributed by atoms with E-state index in [0.29, 0.717) is 12.5 Å². The van der Waals surface area contributed by atoms with Crippen LogP contribution in [0.15, 0.2) is 0 Å². The molecular formula is C8H16FN. The highest BCUT2D eigenvalue weighted by Gasteiger charge is 2.24. The van der Waals surface area contributed by atoms with Gasteiger partial charge in [0.15, 0.2) is 0 Å². The third-order valence-electron chi connectivity index (χ3n) is 1.89. The lowest BCUT2D eigenvalue weighted by Crippen LogP contribution is -2.29. The molecule has 1 N–H and O–H groups in total. The van der Waals surface area contributed by atoms with Crippen molar-refractivity contribution in [1.29, 1.82) is 0 Å². The summed E-state index contributed by atoms with van der Waals surface area (Å²) in [5, 5.41) is 3.27. The molecular weight excluding hydrogens is 129 g/mol. The van der Waals surface area contributed by atoms with Gasteiger partial charge in [-0.3, -0.25) is 0 Å². The van der Waals surface area contributed by atoms with Gasteiger partial charge in [-0.05, 0) is 39.7 Å². The molecule has 0 spiro atoms. The highest BCUT2D eigenvalue weighted by atomic mass is 19.1. The highest BCUT2D eigenvalue weighted by molar-refractivity contribution is 4.81. The van der Waals surface area contributed by atoms with Crippen molar-refractivity contribution in [3.8, 4) is 0 Å². The Morgan fingerprint density at radius 1 is 1.60 bits per heavy atom. The number of halogens is 1. The van der Waals surface area contributed by atoms with Crippen LogP contribution in [0.5, 0.6) is 0 Å². The topological polar surface area (TPSA) is 12.0 Å². The van der Waals surface area contributed by atoms with E-state index in [0.717, 1.165) is 13.0 Å². The third-order valence-corrected chi connectivity index (χ3v) is 1.89. The van der Waals surface area contributed by atoms with Crippen LogP contribution >= 0.6 is 0 Å². The molecule has 0 aromatic carbocycles. The van der Waals surface area contributed by atoms with Gasteiger partial charge in [0.25, 0.3) is 0 Å². The van der Waals surface area contributed by atoms with Crippen molar-refractivity contribution in [2.24, 2.45) is 0 Å². The molecule has 0 bridgehead atoms. The molecule has 0 aromatic rings. The lowest BCUT2D eigenvalue weighted by molar-refractivity contribution is 0.183. The summed E-state index contributed by atoms with van der Waals surface area (Å²) in [5.74, 6) is 0.